The van der Waals surface area contributed by atoms with E-state index in [0.29, 0.717) is 17.4 Å². The van der Waals surface area contributed by atoms with Crippen LogP contribution in [0.1, 0.15) is 35.4 Å². The number of carbonyl (C=O) groups excluding carboxylic acids is 1. The first kappa shape index (κ1) is 18.9. The average Bonchev–Trinajstić information content (AvgIpc) is 3.33. The van der Waals surface area contributed by atoms with E-state index in [4.69, 9.17) is 0 Å². The third kappa shape index (κ3) is 3.60. The molecular formula is C21H24FN7O. The molecule has 1 aliphatic carbocycles. The van der Waals surface area contributed by atoms with Crippen molar-refractivity contribution < 1.29 is 9.18 Å². The summed E-state index contributed by atoms with van der Waals surface area (Å²) in [4.78, 5) is 30.1. The number of hydrogen-bond donors (Lipinski definition) is 1. The Bertz CT molecular complexity index is 1090. The van der Waals surface area contributed by atoms with E-state index in [9.17, 15) is 9.18 Å². The third-order valence-corrected chi connectivity index (χ3v) is 5.94. The van der Waals surface area contributed by atoms with Gasteiger partial charge in [-0.05, 0) is 33.2 Å². The van der Waals surface area contributed by atoms with Crippen molar-refractivity contribution in [2.45, 2.75) is 38.3 Å². The monoisotopic (exact) mass is 409 g/mol. The van der Waals surface area contributed by atoms with Crippen molar-refractivity contribution in [3.8, 4) is 0 Å². The molecule has 0 aromatic carbocycles. The summed E-state index contributed by atoms with van der Waals surface area (Å²) in [6.45, 7) is 3.65. The number of imidazole rings is 1. The van der Waals surface area contributed by atoms with Crippen molar-refractivity contribution in [1.82, 2.24) is 24.3 Å². The summed E-state index contributed by atoms with van der Waals surface area (Å²) in [7, 11) is 2.20. The van der Waals surface area contributed by atoms with Crippen LogP contribution in [-0.2, 0) is 0 Å². The van der Waals surface area contributed by atoms with Crippen LogP contribution in [-0.4, -0.2) is 62.4 Å². The second-order valence-corrected chi connectivity index (χ2v) is 8.19. The molecule has 30 heavy (non-hydrogen) atoms. The highest BCUT2D eigenvalue weighted by Crippen LogP contribution is 2.30. The number of amides is 1. The molecule has 1 aliphatic heterocycles. The number of anilines is 2. The van der Waals surface area contributed by atoms with E-state index in [0.717, 1.165) is 31.4 Å². The first-order valence-corrected chi connectivity index (χ1v) is 10.2. The van der Waals surface area contributed by atoms with Crippen molar-refractivity contribution in [3.05, 3.63) is 48.1 Å². The summed E-state index contributed by atoms with van der Waals surface area (Å²) in [5, 5.41) is 2.68. The number of halogens is 1. The zero-order chi connectivity index (χ0) is 20.8. The fraction of sp³-hybridized carbons (Fsp3) is 0.429. The summed E-state index contributed by atoms with van der Waals surface area (Å²) < 4.78 is 15.8. The Morgan fingerprint density at radius 1 is 1.20 bits per heavy atom. The maximum atomic E-state index is 14.2. The summed E-state index contributed by atoms with van der Waals surface area (Å²) in [5.74, 6) is -0.154. The lowest BCUT2D eigenvalue weighted by Gasteiger charge is -2.24. The van der Waals surface area contributed by atoms with Crippen LogP contribution in [0.4, 0.5) is 15.9 Å². The van der Waals surface area contributed by atoms with Gasteiger partial charge in [-0.25, -0.2) is 19.3 Å². The van der Waals surface area contributed by atoms with Gasteiger partial charge in [-0.15, -0.1) is 0 Å². The molecule has 8 nitrogen and oxygen atoms in total. The van der Waals surface area contributed by atoms with Gasteiger partial charge in [-0.3, -0.25) is 9.69 Å². The Kier molecular flexibility index (Phi) is 4.62. The molecule has 0 bridgehead atoms. The predicted molar refractivity (Wildman–Crippen MR) is 111 cm³/mol. The maximum Gasteiger partial charge on any atom is 0.275 e. The Balaban J connectivity index is 1.26. The molecule has 1 saturated carbocycles. The number of hydrogen-bond acceptors (Lipinski definition) is 6. The average molecular weight is 409 g/mol. The van der Waals surface area contributed by atoms with Crippen LogP contribution >= 0.6 is 0 Å². The van der Waals surface area contributed by atoms with Crippen LogP contribution in [0.3, 0.4) is 0 Å². The summed E-state index contributed by atoms with van der Waals surface area (Å²) >= 11 is 0. The minimum Gasteiger partial charge on any atom is -0.354 e. The largest absolute Gasteiger partial charge is 0.354 e. The zero-order valence-corrected chi connectivity index (χ0v) is 17.0. The van der Waals surface area contributed by atoms with E-state index in [1.807, 2.05) is 0 Å². The maximum absolute atomic E-state index is 14.2. The number of fused-ring (bicyclic) bond motifs is 1. The molecule has 0 radical (unpaired) electrons. The Labute approximate surface area is 173 Å². The van der Waals surface area contributed by atoms with Gasteiger partial charge >= 0.3 is 0 Å². The van der Waals surface area contributed by atoms with E-state index in [1.165, 1.54) is 25.1 Å². The minimum absolute atomic E-state index is 0.187. The fourth-order valence-electron chi connectivity index (χ4n) is 4.11. The number of likely N-dealkylation sites (N-methyl/N-ethyl adjacent to an activating group) is 1. The Morgan fingerprint density at radius 3 is 2.77 bits per heavy atom. The third-order valence-electron chi connectivity index (χ3n) is 5.94. The predicted octanol–water partition coefficient (Wildman–Crippen LogP) is 2.50. The van der Waals surface area contributed by atoms with Gasteiger partial charge in [0.25, 0.3) is 5.91 Å². The van der Waals surface area contributed by atoms with Crippen LogP contribution < -0.4 is 10.2 Å². The molecule has 1 atom stereocenters. The zero-order valence-electron chi connectivity index (χ0n) is 17.0. The van der Waals surface area contributed by atoms with Gasteiger partial charge in [0.1, 0.15) is 11.5 Å². The summed E-state index contributed by atoms with van der Waals surface area (Å²) in [6.07, 6.45) is 10.1. The first-order chi connectivity index (χ1) is 14.5. The molecule has 0 unspecified atom stereocenters. The Hall–Kier alpha value is -3.07. The second kappa shape index (κ2) is 7.32. The molecular weight excluding hydrogens is 385 g/mol. The van der Waals surface area contributed by atoms with Crippen LogP contribution in [0, 0.1) is 12.7 Å². The minimum atomic E-state index is -0.498. The second-order valence-electron chi connectivity index (χ2n) is 8.19. The van der Waals surface area contributed by atoms with Crippen LogP contribution in [0.25, 0.3) is 5.65 Å². The number of nitrogens with one attached hydrogen (secondary N) is 1. The highest BCUT2D eigenvalue weighted by Gasteiger charge is 2.35. The lowest BCUT2D eigenvalue weighted by Crippen LogP contribution is -2.36. The van der Waals surface area contributed by atoms with Gasteiger partial charge < -0.3 is 14.6 Å². The van der Waals surface area contributed by atoms with Crippen molar-refractivity contribution in [2.75, 3.05) is 30.4 Å². The molecule has 156 valence electrons. The molecule has 1 N–H and O–H groups in total. The molecule has 2 aliphatic rings. The molecule has 4 heterocycles. The van der Waals surface area contributed by atoms with Gasteiger partial charge in [-0.2, -0.15) is 0 Å². The molecule has 3 aromatic rings. The summed E-state index contributed by atoms with van der Waals surface area (Å²) in [5.41, 5.74) is 1.45. The number of nitrogens with zero attached hydrogens (tertiary/aromatic N) is 6. The first-order valence-electron chi connectivity index (χ1n) is 10.2. The SMILES string of the molecule is Cc1cn2cc(NC(=O)c3cnc(N4CC[C@@H](N(C)C5CC5)C4)cn3)cc(F)c2n1. The highest BCUT2D eigenvalue weighted by molar-refractivity contribution is 6.02. The number of pyridine rings is 1. The topological polar surface area (TPSA) is 78.7 Å². The molecule has 1 amide bonds. The van der Waals surface area contributed by atoms with Crippen molar-refractivity contribution in [2.24, 2.45) is 0 Å². The fourth-order valence-corrected chi connectivity index (χ4v) is 4.11. The number of aryl methyl sites for hydroxylation is 1. The lowest BCUT2D eigenvalue weighted by atomic mass is 10.2. The quantitative estimate of drug-likeness (QED) is 0.698. The van der Waals surface area contributed by atoms with Gasteiger partial charge in [0.05, 0.1) is 23.8 Å². The Morgan fingerprint density at radius 2 is 2.03 bits per heavy atom. The molecule has 2 fully saturated rings. The van der Waals surface area contributed by atoms with Gasteiger partial charge in [-0.1, -0.05) is 0 Å². The van der Waals surface area contributed by atoms with Crippen molar-refractivity contribution in [1.29, 1.82) is 0 Å². The number of aromatic nitrogens is 4. The molecule has 0 spiro atoms. The standard InChI is InChI=1S/C21H24FN7O/c1-13-10-29-11-14(7-17(22)20(29)25-13)26-21(30)18-8-24-19(9-23-18)28-6-5-16(12-28)27(2)15-3-4-15/h7-11,15-16H,3-6,12H2,1-2H3,(H,26,30)/t16-/m1/s1. The molecule has 9 heteroatoms. The van der Waals surface area contributed by atoms with E-state index in [2.05, 4.69) is 37.1 Å². The van der Waals surface area contributed by atoms with Crippen LogP contribution in [0.15, 0.2) is 30.9 Å². The molecule has 1 saturated heterocycles. The van der Waals surface area contributed by atoms with E-state index in [-0.39, 0.29) is 11.3 Å². The smallest absolute Gasteiger partial charge is 0.275 e. The molecule has 5 rings (SSSR count). The van der Waals surface area contributed by atoms with Gasteiger partial charge in [0.2, 0.25) is 0 Å². The van der Waals surface area contributed by atoms with Gasteiger partial charge in [0.15, 0.2) is 11.5 Å². The van der Waals surface area contributed by atoms with Crippen LogP contribution in [0.2, 0.25) is 0 Å². The van der Waals surface area contributed by atoms with E-state index < -0.39 is 11.7 Å². The summed E-state index contributed by atoms with van der Waals surface area (Å²) in [6, 6.07) is 2.53. The normalized spacial score (nSPS) is 19.1. The van der Waals surface area contributed by atoms with Gasteiger partial charge in [0, 0.05) is 43.6 Å². The lowest BCUT2D eigenvalue weighted by molar-refractivity contribution is 0.102. The number of rotatable bonds is 5. The van der Waals surface area contributed by atoms with Crippen molar-refractivity contribution in [3.63, 3.8) is 0 Å². The van der Waals surface area contributed by atoms with E-state index >= 15 is 0 Å². The van der Waals surface area contributed by atoms with Crippen LogP contribution in [0.5, 0.6) is 0 Å². The van der Waals surface area contributed by atoms with Crippen molar-refractivity contribution >= 4 is 23.1 Å². The van der Waals surface area contributed by atoms with E-state index in [1.54, 1.807) is 29.9 Å². The molecule has 3 aromatic heterocycles. The highest BCUT2D eigenvalue weighted by atomic mass is 19.1. The number of carbonyl (C=O) groups is 1.